The van der Waals surface area contributed by atoms with Crippen LogP contribution in [0.1, 0.15) is 42.5 Å². The van der Waals surface area contributed by atoms with E-state index in [-0.39, 0.29) is 17.9 Å². The van der Waals surface area contributed by atoms with Crippen LogP contribution < -0.4 is 4.74 Å². The highest BCUT2D eigenvalue weighted by Gasteiger charge is 2.35. The van der Waals surface area contributed by atoms with Gasteiger partial charge in [0.25, 0.3) is 5.91 Å². The van der Waals surface area contributed by atoms with Gasteiger partial charge in [-0.1, -0.05) is 0 Å². The molecular weight excluding hydrogens is 416 g/mol. The first-order valence-corrected chi connectivity index (χ1v) is 12.0. The quantitative estimate of drug-likeness (QED) is 0.603. The molecule has 3 aliphatic rings. The molecule has 4 heterocycles. The summed E-state index contributed by atoms with van der Waals surface area (Å²) in [6, 6.07) is 11.8. The number of benzene rings is 1. The van der Waals surface area contributed by atoms with Gasteiger partial charge in [-0.2, -0.15) is 0 Å². The van der Waals surface area contributed by atoms with Gasteiger partial charge in [0, 0.05) is 62.1 Å². The molecule has 1 aliphatic carbocycles. The van der Waals surface area contributed by atoms with Crippen LogP contribution in [-0.4, -0.2) is 63.4 Å². The Balaban J connectivity index is 1.11. The lowest BCUT2D eigenvalue weighted by Gasteiger charge is -2.32. The number of hydrogen-bond acceptors (Lipinski definition) is 4. The van der Waals surface area contributed by atoms with Gasteiger partial charge in [0.15, 0.2) is 0 Å². The standard InChI is InChI=1S/C26H28N4O3/c31-25(18-2-3-18)29-13-9-21(10-14-29)33-22-5-7-24(27-17-22)30-15-8-19-16-20(4-6-23(19)30)26(32)28-11-1-12-28/h4-8,15-18,21H,1-3,9-14H2. The van der Waals surface area contributed by atoms with Crippen LogP contribution in [0.5, 0.6) is 5.75 Å². The summed E-state index contributed by atoms with van der Waals surface area (Å²) in [6.45, 7) is 3.27. The molecule has 0 unspecified atom stereocenters. The van der Waals surface area contributed by atoms with Crippen molar-refractivity contribution in [2.45, 2.75) is 38.2 Å². The first-order chi connectivity index (χ1) is 16.2. The number of rotatable bonds is 5. The number of carbonyl (C=O) groups is 2. The van der Waals surface area contributed by atoms with Crippen molar-refractivity contribution in [3.63, 3.8) is 0 Å². The molecule has 1 aromatic carbocycles. The maximum Gasteiger partial charge on any atom is 0.253 e. The molecule has 0 N–H and O–H groups in total. The third-order valence-electron chi connectivity index (χ3n) is 7.03. The molecule has 1 saturated carbocycles. The lowest BCUT2D eigenvalue weighted by atomic mass is 10.1. The predicted octanol–water partition coefficient (Wildman–Crippen LogP) is 3.65. The number of carbonyl (C=O) groups excluding carboxylic acids is 2. The molecule has 0 spiro atoms. The number of fused-ring (bicyclic) bond motifs is 1. The summed E-state index contributed by atoms with van der Waals surface area (Å²) >= 11 is 0. The Labute approximate surface area is 192 Å². The fraction of sp³-hybridized carbons (Fsp3) is 0.423. The summed E-state index contributed by atoms with van der Waals surface area (Å²) in [5.74, 6) is 2.29. The minimum Gasteiger partial charge on any atom is -0.489 e. The summed E-state index contributed by atoms with van der Waals surface area (Å²) in [5.41, 5.74) is 1.76. The minimum absolute atomic E-state index is 0.110. The minimum atomic E-state index is 0.110. The summed E-state index contributed by atoms with van der Waals surface area (Å²) < 4.78 is 8.17. The van der Waals surface area contributed by atoms with Crippen molar-refractivity contribution in [1.82, 2.24) is 19.4 Å². The van der Waals surface area contributed by atoms with Crippen molar-refractivity contribution >= 4 is 22.7 Å². The van der Waals surface area contributed by atoms with Gasteiger partial charge < -0.3 is 19.1 Å². The van der Waals surface area contributed by atoms with E-state index in [0.717, 1.165) is 86.3 Å². The average molecular weight is 445 g/mol. The van der Waals surface area contributed by atoms with Gasteiger partial charge in [-0.05, 0) is 55.7 Å². The number of pyridine rings is 1. The van der Waals surface area contributed by atoms with E-state index in [9.17, 15) is 9.59 Å². The van der Waals surface area contributed by atoms with Crippen molar-refractivity contribution in [3.8, 4) is 11.6 Å². The van der Waals surface area contributed by atoms with Gasteiger partial charge in [-0.3, -0.25) is 9.59 Å². The second-order valence-electron chi connectivity index (χ2n) is 9.37. The highest BCUT2D eigenvalue weighted by Crippen LogP contribution is 2.32. The van der Waals surface area contributed by atoms with Gasteiger partial charge in [0.05, 0.1) is 11.7 Å². The Morgan fingerprint density at radius 1 is 0.909 bits per heavy atom. The smallest absolute Gasteiger partial charge is 0.253 e. The second kappa shape index (κ2) is 8.21. The van der Waals surface area contributed by atoms with E-state index in [1.165, 1.54) is 0 Å². The van der Waals surface area contributed by atoms with Gasteiger partial charge in [0.1, 0.15) is 17.7 Å². The summed E-state index contributed by atoms with van der Waals surface area (Å²) in [5, 5.41) is 1.02. The van der Waals surface area contributed by atoms with Gasteiger partial charge in [0.2, 0.25) is 5.91 Å². The Morgan fingerprint density at radius 2 is 1.73 bits per heavy atom. The number of hydrogen-bond donors (Lipinski definition) is 0. The molecule has 3 aromatic rings. The Bertz CT molecular complexity index is 1190. The Hall–Kier alpha value is -3.35. The van der Waals surface area contributed by atoms with Crippen LogP contribution >= 0.6 is 0 Å². The normalized spacial score (nSPS) is 18.9. The summed E-state index contributed by atoms with van der Waals surface area (Å²) in [6.07, 6.45) is 8.80. The van der Waals surface area contributed by atoms with Crippen molar-refractivity contribution in [3.05, 3.63) is 54.4 Å². The SMILES string of the molecule is O=C(c1ccc2c(ccn2-c2ccc(OC3CCN(C(=O)C4CC4)CC3)cn2)c1)N1CCC1. The summed E-state index contributed by atoms with van der Waals surface area (Å²) in [4.78, 5) is 33.2. The molecule has 33 heavy (non-hydrogen) atoms. The number of piperidine rings is 1. The highest BCUT2D eigenvalue weighted by molar-refractivity contribution is 5.98. The molecule has 2 amide bonds. The first kappa shape index (κ1) is 20.3. The molecule has 0 bridgehead atoms. The van der Waals surface area contributed by atoms with Crippen LogP contribution in [0.3, 0.4) is 0 Å². The van der Waals surface area contributed by atoms with E-state index >= 15 is 0 Å². The maximum absolute atomic E-state index is 12.5. The van der Waals surface area contributed by atoms with Crippen LogP contribution in [0, 0.1) is 5.92 Å². The van der Waals surface area contributed by atoms with Crippen molar-refractivity contribution in [2.75, 3.05) is 26.2 Å². The molecule has 0 atom stereocenters. The van der Waals surface area contributed by atoms with Crippen LogP contribution in [0.25, 0.3) is 16.7 Å². The molecule has 2 saturated heterocycles. The molecule has 2 aromatic heterocycles. The topological polar surface area (TPSA) is 67.7 Å². The molecule has 7 heteroatoms. The number of ether oxygens (including phenoxy) is 1. The summed E-state index contributed by atoms with van der Waals surface area (Å²) in [7, 11) is 0. The number of aromatic nitrogens is 2. The lowest BCUT2D eigenvalue weighted by Crippen LogP contribution is -2.42. The molecule has 6 rings (SSSR count). The van der Waals surface area contributed by atoms with Gasteiger partial charge in [-0.25, -0.2) is 4.98 Å². The fourth-order valence-corrected chi connectivity index (χ4v) is 4.74. The Morgan fingerprint density at radius 3 is 2.39 bits per heavy atom. The molecule has 7 nitrogen and oxygen atoms in total. The molecule has 0 radical (unpaired) electrons. The van der Waals surface area contributed by atoms with Crippen LogP contribution in [-0.2, 0) is 4.79 Å². The monoisotopic (exact) mass is 444 g/mol. The average Bonchev–Trinajstić information content (AvgIpc) is 3.57. The van der Waals surface area contributed by atoms with E-state index in [1.54, 1.807) is 6.20 Å². The molecule has 2 aliphatic heterocycles. The zero-order valence-corrected chi connectivity index (χ0v) is 18.7. The third-order valence-corrected chi connectivity index (χ3v) is 7.03. The van der Waals surface area contributed by atoms with Crippen LogP contribution in [0.15, 0.2) is 48.8 Å². The van der Waals surface area contributed by atoms with E-state index in [2.05, 4.69) is 4.98 Å². The molecule has 170 valence electrons. The molecular formula is C26H28N4O3. The second-order valence-corrected chi connectivity index (χ2v) is 9.37. The van der Waals surface area contributed by atoms with Gasteiger partial charge >= 0.3 is 0 Å². The maximum atomic E-state index is 12.5. The van der Waals surface area contributed by atoms with Crippen molar-refractivity contribution in [1.29, 1.82) is 0 Å². The first-order valence-electron chi connectivity index (χ1n) is 12.0. The number of amides is 2. The zero-order chi connectivity index (χ0) is 22.4. The van der Waals surface area contributed by atoms with Gasteiger partial charge in [-0.15, -0.1) is 0 Å². The third kappa shape index (κ3) is 3.96. The largest absolute Gasteiger partial charge is 0.489 e. The van der Waals surface area contributed by atoms with E-state index < -0.39 is 0 Å². The molecule has 3 fully saturated rings. The number of nitrogens with zero attached hydrogens (tertiary/aromatic N) is 4. The predicted molar refractivity (Wildman–Crippen MR) is 125 cm³/mol. The van der Waals surface area contributed by atoms with Crippen LogP contribution in [0.4, 0.5) is 0 Å². The van der Waals surface area contributed by atoms with E-state index in [0.29, 0.717) is 5.91 Å². The lowest BCUT2D eigenvalue weighted by molar-refractivity contribution is -0.134. The van der Waals surface area contributed by atoms with Crippen molar-refractivity contribution < 1.29 is 14.3 Å². The van der Waals surface area contributed by atoms with Crippen molar-refractivity contribution in [2.24, 2.45) is 5.92 Å². The fourth-order valence-electron chi connectivity index (χ4n) is 4.74. The zero-order valence-electron chi connectivity index (χ0n) is 18.7. The highest BCUT2D eigenvalue weighted by atomic mass is 16.5. The van der Waals surface area contributed by atoms with E-state index in [1.807, 2.05) is 57.0 Å². The van der Waals surface area contributed by atoms with E-state index in [4.69, 9.17) is 4.74 Å². The van der Waals surface area contributed by atoms with Crippen LogP contribution in [0.2, 0.25) is 0 Å². The Kier molecular flexibility index (Phi) is 5.04. The number of likely N-dealkylation sites (tertiary alicyclic amines) is 2.